The Kier molecular flexibility index (Phi) is 34.8. The fourth-order valence-corrected chi connectivity index (χ4v) is 5.74. The highest BCUT2D eigenvalue weighted by Crippen LogP contribution is 2.36. The molecule has 9 heteroatoms. The molecule has 0 spiro atoms. The minimum atomic E-state index is -4.75. The summed E-state index contributed by atoms with van der Waals surface area (Å²) in [6.07, 6.45) is 41.5. The number of allylic oxidation sites excluding steroid dienone is 6. The van der Waals surface area contributed by atoms with Gasteiger partial charge >= 0.3 is 19.8 Å². The van der Waals surface area contributed by atoms with Gasteiger partial charge in [-0.05, 0) is 64.2 Å². The molecule has 0 saturated heterocycles. The van der Waals surface area contributed by atoms with Gasteiger partial charge in [0, 0.05) is 12.8 Å². The number of phosphoric acid groups is 1. The molecule has 0 aliphatic heterocycles. The summed E-state index contributed by atoms with van der Waals surface area (Å²) in [5.41, 5.74) is 0. The standard InChI is InChI=1S/C40H73O8P/c1-3-5-7-9-11-13-15-17-19-20-21-23-24-26-28-30-32-34-39(41)46-36-38(37-47-49(43,44)45)48-40(42)35-33-31-29-27-25-22-18-16-14-12-10-8-6-4-2/h10,12-13,15-16,18,38H,3-9,11,14,17,19-37H2,1-2H3,(H2,43,44,45)/b12-10+,15-13+,18-16+/t38-/m1/s1. The molecule has 0 bridgehead atoms. The summed E-state index contributed by atoms with van der Waals surface area (Å²) in [6.45, 7) is 3.62. The lowest BCUT2D eigenvalue weighted by atomic mass is 10.1. The van der Waals surface area contributed by atoms with Gasteiger partial charge in [0.2, 0.25) is 0 Å². The van der Waals surface area contributed by atoms with E-state index >= 15 is 0 Å². The molecule has 0 aromatic heterocycles. The molecule has 286 valence electrons. The lowest BCUT2D eigenvalue weighted by Crippen LogP contribution is -2.29. The quantitative estimate of drug-likeness (QED) is 0.0285. The molecule has 0 saturated carbocycles. The summed E-state index contributed by atoms with van der Waals surface area (Å²) in [4.78, 5) is 42.7. The van der Waals surface area contributed by atoms with Gasteiger partial charge in [-0.1, -0.05) is 147 Å². The highest BCUT2D eigenvalue weighted by molar-refractivity contribution is 7.46. The Hall–Kier alpha value is -1.73. The van der Waals surface area contributed by atoms with Crippen molar-refractivity contribution < 1.29 is 37.9 Å². The van der Waals surface area contributed by atoms with E-state index in [4.69, 9.17) is 19.3 Å². The summed E-state index contributed by atoms with van der Waals surface area (Å²) in [5, 5.41) is 0. The zero-order chi connectivity index (χ0) is 36.1. The number of carbonyl (C=O) groups is 2. The molecule has 0 aliphatic carbocycles. The molecular formula is C40H73O8P. The minimum absolute atomic E-state index is 0.196. The average molecular weight is 713 g/mol. The maximum atomic E-state index is 12.4. The number of rotatable bonds is 36. The normalized spacial score (nSPS) is 12.8. The number of unbranched alkanes of at least 4 members (excludes halogenated alkanes) is 20. The van der Waals surface area contributed by atoms with Gasteiger partial charge in [0.05, 0.1) is 6.61 Å². The van der Waals surface area contributed by atoms with Crippen molar-refractivity contribution >= 4 is 19.8 Å². The molecule has 1 atom stereocenters. The first-order valence-corrected chi connectivity index (χ1v) is 21.3. The van der Waals surface area contributed by atoms with Crippen LogP contribution in [0.1, 0.15) is 187 Å². The Morgan fingerprint density at radius 1 is 0.531 bits per heavy atom. The molecule has 0 fully saturated rings. The topological polar surface area (TPSA) is 119 Å². The maximum absolute atomic E-state index is 12.4. The van der Waals surface area contributed by atoms with E-state index in [1.54, 1.807) is 0 Å². The predicted octanol–water partition coefficient (Wildman–Crippen LogP) is 11.8. The second-order valence-corrected chi connectivity index (χ2v) is 14.5. The number of ether oxygens (including phenoxy) is 2. The summed E-state index contributed by atoms with van der Waals surface area (Å²) >= 11 is 0. The Morgan fingerprint density at radius 2 is 0.939 bits per heavy atom. The van der Waals surface area contributed by atoms with Crippen LogP contribution >= 0.6 is 7.82 Å². The molecule has 49 heavy (non-hydrogen) atoms. The smallest absolute Gasteiger partial charge is 0.462 e. The number of phosphoric ester groups is 1. The van der Waals surface area contributed by atoms with Crippen molar-refractivity contribution in [3.63, 3.8) is 0 Å². The van der Waals surface area contributed by atoms with Crippen LogP contribution in [0.15, 0.2) is 36.5 Å². The van der Waals surface area contributed by atoms with Crippen LogP contribution < -0.4 is 0 Å². The largest absolute Gasteiger partial charge is 0.469 e. The van der Waals surface area contributed by atoms with Gasteiger partial charge in [-0.3, -0.25) is 14.1 Å². The fourth-order valence-electron chi connectivity index (χ4n) is 5.38. The maximum Gasteiger partial charge on any atom is 0.469 e. The Bertz CT molecular complexity index is 895. The van der Waals surface area contributed by atoms with Gasteiger partial charge in [0.25, 0.3) is 0 Å². The lowest BCUT2D eigenvalue weighted by Gasteiger charge is -2.18. The van der Waals surface area contributed by atoms with Gasteiger partial charge in [-0.15, -0.1) is 0 Å². The van der Waals surface area contributed by atoms with E-state index in [9.17, 15) is 14.2 Å². The van der Waals surface area contributed by atoms with Crippen molar-refractivity contribution in [1.29, 1.82) is 0 Å². The molecular weight excluding hydrogens is 639 g/mol. The van der Waals surface area contributed by atoms with E-state index in [1.807, 2.05) is 0 Å². The predicted molar refractivity (Wildman–Crippen MR) is 202 cm³/mol. The summed E-state index contributed by atoms with van der Waals surface area (Å²) in [6, 6.07) is 0. The van der Waals surface area contributed by atoms with Crippen molar-refractivity contribution in [1.82, 2.24) is 0 Å². The van der Waals surface area contributed by atoms with Crippen molar-refractivity contribution in [3.05, 3.63) is 36.5 Å². The Morgan fingerprint density at radius 3 is 1.43 bits per heavy atom. The third kappa shape index (κ3) is 38.9. The van der Waals surface area contributed by atoms with Crippen molar-refractivity contribution in [3.8, 4) is 0 Å². The van der Waals surface area contributed by atoms with Crippen LogP contribution in [-0.2, 0) is 28.2 Å². The van der Waals surface area contributed by atoms with Crippen molar-refractivity contribution in [2.24, 2.45) is 0 Å². The van der Waals surface area contributed by atoms with Crippen LogP contribution in [0.3, 0.4) is 0 Å². The van der Waals surface area contributed by atoms with Gasteiger partial charge in [-0.25, -0.2) is 4.57 Å². The molecule has 0 heterocycles. The third-order valence-corrected chi connectivity index (χ3v) is 8.87. The van der Waals surface area contributed by atoms with Gasteiger partial charge in [0.15, 0.2) is 6.10 Å². The average Bonchev–Trinajstić information content (AvgIpc) is 3.07. The van der Waals surface area contributed by atoms with Crippen LogP contribution in [0.25, 0.3) is 0 Å². The molecule has 8 nitrogen and oxygen atoms in total. The van der Waals surface area contributed by atoms with E-state index in [1.165, 1.54) is 89.9 Å². The number of hydrogen-bond donors (Lipinski definition) is 2. The van der Waals surface area contributed by atoms with E-state index < -0.39 is 32.5 Å². The molecule has 2 N–H and O–H groups in total. The zero-order valence-corrected chi connectivity index (χ0v) is 32.2. The van der Waals surface area contributed by atoms with Crippen LogP contribution in [0, 0.1) is 0 Å². The fraction of sp³-hybridized carbons (Fsp3) is 0.800. The minimum Gasteiger partial charge on any atom is -0.462 e. The van der Waals surface area contributed by atoms with Crippen molar-refractivity contribution in [2.75, 3.05) is 13.2 Å². The van der Waals surface area contributed by atoms with Crippen LogP contribution in [0.5, 0.6) is 0 Å². The van der Waals surface area contributed by atoms with Gasteiger partial charge in [0.1, 0.15) is 6.61 Å². The summed E-state index contributed by atoms with van der Waals surface area (Å²) < 4.78 is 26.3. The molecule has 0 amide bonds. The van der Waals surface area contributed by atoms with E-state index in [2.05, 4.69) is 54.8 Å². The number of esters is 2. The molecule has 0 rings (SSSR count). The van der Waals surface area contributed by atoms with E-state index in [-0.39, 0.29) is 19.4 Å². The summed E-state index contributed by atoms with van der Waals surface area (Å²) in [7, 11) is -4.75. The molecule has 0 aromatic rings. The second-order valence-electron chi connectivity index (χ2n) is 13.2. The first-order chi connectivity index (χ1) is 23.8. The number of hydrogen-bond acceptors (Lipinski definition) is 6. The number of carbonyl (C=O) groups excluding carboxylic acids is 2. The van der Waals surface area contributed by atoms with Gasteiger partial charge < -0.3 is 19.3 Å². The molecule has 0 radical (unpaired) electrons. The molecule has 0 aliphatic rings. The van der Waals surface area contributed by atoms with Crippen LogP contribution in [-0.4, -0.2) is 41.0 Å². The second kappa shape index (κ2) is 36.1. The van der Waals surface area contributed by atoms with E-state index in [0.717, 1.165) is 64.2 Å². The molecule has 0 aromatic carbocycles. The SMILES string of the molecule is CCCC/C=C/C/C=C/CCCCCCCC(=O)O[C@H](COC(=O)CCCCCCCCCCC/C=C/CCCCCC)COP(=O)(O)O. The first kappa shape index (κ1) is 47.3. The van der Waals surface area contributed by atoms with E-state index in [0.29, 0.717) is 6.42 Å². The lowest BCUT2D eigenvalue weighted by molar-refractivity contribution is -0.161. The van der Waals surface area contributed by atoms with Gasteiger partial charge in [-0.2, -0.15) is 0 Å². The Labute approximate surface area is 300 Å². The van der Waals surface area contributed by atoms with Crippen LogP contribution in [0.2, 0.25) is 0 Å². The first-order valence-electron chi connectivity index (χ1n) is 19.8. The van der Waals surface area contributed by atoms with Crippen molar-refractivity contribution in [2.45, 2.75) is 193 Å². The highest BCUT2D eigenvalue weighted by Gasteiger charge is 2.22. The zero-order valence-electron chi connectivity index (χ0n) is 31.3. The van der Waals surface area contributed by atoms with Crippen LogP contribution in [0.4, 0.5) is 0 Å². The highest BCUT2D eigenvalue weighted by atomic mass is 31.2. The summed E-state index contributed by atoms with van der Waals surface area (Å²) in [5.74, 6) is -0.902. The third-order valence-electron chi connectivity index (χ3n) is 8.38. The monoisotopic (exact) mass is 713 g/mol. The molecule has 0 unspecified atom stereocenters. The Balaban J connectivity index is 3.95.